The molecule has 0 aromatic carbocycles. The van der Waals surface area contributed by atoms with E-state index >= 15 is 0 Å². The summed E-state index contributed by atoms with van der Waals surface area (Å²) in [5.74, 6) is -3.02. The number of imide groups is 1. The molecule has 1 spiro atoms. The van der Waals surface area contributed by atoms with Crippen molar-refractivity contribution in [1.82, 2.24) is 15.1 Å². The van der Waals surface area contributed by atoms with Crippen molar-refractivity contribution in [3.05, 3.63) is 0 Å². The number of amides is 2. The van der Waals surface area contributed by atoms with Crippen LogP contribution < -0.4 is 22.5 Å². The van der Waals surface area contributed by atoms with Crippen LogP contribution in [0.1, 0.15) is 12.8 Å². The molecule has 12 nitrogen and oxygen atoms in total. The Hall–Kier alpha value is -2.44. The Labute approximate surface area is 142 Å². The molecule has 0 aliphatic carbocycles. The van der Waals surface area contributed by atoms with Crippen molar-refractivity contribution in [3.8, 4) is 0 Å². The molecule has 0 saturated carbocycles. The van der Waals surface area contributed by atoms with E-state index in [-0.39, 0.29) is 49.7 Å². The zero-order chi connectivity index (χ0) is 18.1. The summed E-state index contributed by atoms with van der Waals surface area (Å²) in [6, 6.07) is -2.71. The minimum Gasteiger partial charge on any atom is -0.370 e. The zero-order valence-electron chi connectivity index (χ0n) is 13.3. The molecule has 0 aromatic heterocycles. The Bertz CT molecular complexity index is 705. The van der Waals surface area contributed by atoms with E-state index in [0.717, 1.165) is 4.90 Å². The molecule has 9 N–H and O–H groups in total. The van der Waals surface area contributed by atoms with Crippen molar-refractivity contribution in [1.29, 1.82) is 0 Å². The number of likely N-dealkylation sites (tertiary alicyclic amines) is 1. The Morgan fingerprint density at radius 2 is 1.84 bits per heavy atom. The van der Waals surface area contributed by atoms with Crippen LogP contribution in [0.5, 0.6) is 0 Å². The van der Waals surface area contributed by atoms with Crippen LogP contribution in [0.2, 0.25) is 0 Å². The number of hydrogen-bond acceptors (Lipinski definition) is 11. The number of aliphatic hydroxyl groups is 2. The van der Waals surface area contributed by atoms with Gasteiger partial charge in [-0.2, -0.15) is 0 Å². The SMILES string of the molecule is NC1=N[C@H]2[C@H](CN3C(=O)CCC3=O)N=C(N)N3C[C@H](N)C(O)(O)[C@]23N1. The van der Waals surface area contributed by atoms with E-state index in [4.69, 9.17) is 17.2 Å². The average molecular weight is 352 g/mol. The van der Waals surface area contributed by atoms with Crippen LogP contribution in [0.25, 0.3) is 0 Å². The molecule has 4 heterocycles. The monoisotopic (exact) mass is 352 g/mol. The Morgan fingerprint density at radius 1 is 1.20 bits per heavy atom. The molecular weight excluding hydrogens is 332 g/mol. The Balaban J connectivity index is 1.75. The van der Waals surface area contributed by atoms with Gasteiger partial charge in [0.15, 0.2) is 17.6 Å². The van der Waals surface area contributed by atoms with Crippen LogP contribution in [-0.2, 0) is 9.59 Å². The van der Waals surface area contributed by atoms with Crippen molar-refractivity contribution in [2.45, 2.75) is 42.4 Å². The number of nitrogens with two attached hydrogens (primary N) is 3. The molecule has 2 fully saturated rings. The van der Waals surface area contributed by atoms with Crippen molar-refractivity contribution in [2.24, 2.45) is 27.2 Å². The number of nitrogens with one attached hydrogen (secondary N) is 1. The molecule has 4 aliphatic heterocycles. The first-order valence-corrected chi connectivity index (χ1v) is 7.94. The van der Waals surface area contributed by atoms with Crippen LogP contribution in [-0.4, -0.2) is 86.4 Å². The minimum absolute atomic E-state index is 0.0122. The fourth-order valence-electron chi connectivity index (χ4n) is 4.13. The average Bonchev–Trinajstić information content (AvgIpc) is 3.11. The largest absolute Gasteiger partial charge is 0.370 e. The molecule has 0 radical (unpaired) electrons. The lowest BCUT2D eigenvalue weighted by atomic mass is 9.85. The van der Waals surface area contributed by atoms with Gasteiger partial charge < -0.3 is 37.6 Å². The van der Waals surface area contributed by atoms with Crippen LogP contribution in [0, 0.1) is 0 Å². The number of guanidine groups is 2. The Morgan fingerprint density at radius 3 is 2.48 bits per heavy atom. The molecule has 4 atom stereocenters. The van der Waals surface area contributed by atoms with E-state index in [1.807, 2.05) is 0 Å². The predicted molar refractivity (Wildman–Crippen MR) is 84.5 cm³/mol. The van der Waals surface area contributed by atoms with Crippen LogP contribution in [0.4, 0.5) is 0 Å². The van der Waals surface area contributed by atoms with Crippen molar-refractivity contribution in [3.63, 3.8) is 0 Å². The Kier molecular flexibility index (Phi) is 3.08. The molecule has 12 heteroatoms. The number of hydrogen-bond donors (Lipinski definition) is 6. The molecule has 0 bridgehead atoms. The van der Waals surface area contributed by atoms with Gasteiger partial charge in [-0.1, -0.05) is 0 Å². The first-order valence-electron chi connectivity index (χ1n) is 7.94. The molecule has 2 amide bonds. The molecule has 25 heavy (non-hydrogen) atoms. The van der Waals surface area contributed by atoms with Crippen LogP contribution in [0.3, 0.4) is 0 Å². The maximum Gasteiger partial charge on any atom is 0.229 e. The molecular formula is C13H20N8O4. The maximum absolute atomic E-state index is 11.9. The van der Waals surface area contributed by atoms with Crippen LogP contribution in [0.15, 0.2) is 9.98 Å². The second-order valence-corrected chi connectivity index (χ2v) is 6.75. The normalized spacial score (nSPS) is 39.1. The number of nitrogens with zero attached hydrogens (tertiary/aromatic N) is 4. The predicted octanol–water partition coefficient (Wildman–Crippen LogP) is -4.86. The fourth-order valence-corrected chi connectivity index (χ4v) is 4.13. The van der Waals surface area contributed by atoms with Gasteiger partial charge in [0, 0.05) is 19.4 Å². The van der Waals surface area contributed by atoms with Gasteiger partial charge >= 0.3 is 0 Å². The van der Waals surface area contributed by atoms with Gasteiger partial charge in [-0.25, -0.2) is 9.98 Å². The second-order valence-electron chi connectivity index (χ2n) is 6.75. The minimum atomic E-state index is -2.40. The number of carbonyl (C=O) groups excluding carboxylic acids is 2. The first kappa shape index (κ1) is 16.1. The van der Waals surface area contributed by atoms with Gasteiger partial charge in [0.05, 0.1) is 18.6 Å². The number of rotatable bonds is 2. The van der Waals surface area contributed by atoms with Gasteiger partial charge in [-0.15, -0.1) is 0 Å². The summed E-state index contributed by atoms with van der Waals surface area (Å²) < 4.78 is 0. The summed E-state index contributed by atoms with van der Waals surface area (Å²) in [5.41, 5.74) is 16.1. The van der Waals surface area contributed by atoms with Gasteiger partial charge in [0.2, 0.25) is 17.6 Å². The van der Waals surface area contributed by atoms with E-state index in [1.54, 1.807) is 0 Å². The van der Waals surface area contributed by atoms with E-state index in [9.17, 15) is 19.8 Å². The van der Waals surface area contributed by atoms with Crippen molar-refractivity contribution < 1.29 is 19.8 Å². The highest BCUT2D eigenvalue weighted by atomic mass is 16.5. The molecule has 0 aromatic rings. The molecule has 0 unspecified atom stereocenters. The maximum atomic E-state index is 11.9. The number of aliphatic imine (C=N–C) groups is 2. The summed E-state index contributed by atoms with van der Waals surface area (Å²) in [6.07, 6.45) is 0.288. The summed E-state index contributed by atoms with van der Waals surface area (Å²) in [5, 5.41) is 24.1. The highest BCUT2D eigenvalue weighted by Gasteiger charge is 2.72. The van der Waals surface area contributed by atoms with E-state index in [1.165, 1.54) is 4.90 Å². The topological polar surface area (TPSA) is 196 Å². The van der Waals surface area contributed by atoms with Crippen LogP contribution >= 0.6 is 0 Å². The van der Waals surface area contributed by atoms with Gasteiger partial charge in [0.25, 0.3) is 0 Å². The van der Waals surface area contributed by atoms with Gasteiger partial charge in [0.1, 0.15) is 6.04 Å². The third-order valence-corrected chi connectivity index (χ3v) is 5.37. The summed E-state index contributed by atoms with van der Waals surface area (Å²) in [4.78, 5) is 34.9. The summed E-state index contributed by atoms with van der Waals surface area (Å²) in [7, 11) is 0. The first-order chi connectivity index (χ1) is 11.7. The summed E-state index contributed by atoms with van der Waals surface area (Å²) >= 11 is 0. The standard InChI is InChI=1S/C13H20N8O4/c14-6-4-21-11(16)17-5(3-20-7(22)1-2-8(20)23)9-12(21,13(6,24)25)19-10(15)18-9/h5-6,9,24-25H,1-4,14H2,(H2,16,17)(H3,15,18,19)/t5-,6-,9-,12-/m0/s1. The van der Waals surface area contributed by atoms with E-state index < -0.39 is 29.6 Å². The van der Waals surface area contributed by atoms with E-state index in [2.05, 4.69) is 15.3 Å². The molecule has 4 aliphatic rings. The lowest BCUT2D eigenvalue weighted by Gasteiger charge is -2.49. The molecule has 136 valence electrons. The quantitative estimate of drug-likeness (QED) is 0.208. The second kappa shape index (κ2) is 4.80. The lowest BCUT2D eigenvalue weighted by molar-refractivity contribution is -0.227. The summed E-state index contributed by atoms with van der Waals surface area (Å²) in [6.45, 7) is -0.0364. The molecule has 2 saturated heterocycles. The van der Waals surface area contributed by atoms with E-state index in [0.29, 0.717) is 0 Å². The zero-order valence-corrected chi connectivity index (χ0v) is 13.3. The third kappa shape index (κ3) is 1.86. The third-order valence-electron chi connectivity index (χ3n) is 5.37. The van der Waals surface area contributed by atoms with Gasteiger partial charge in [-0.3, -0.25) is 14.5 Å². The smallest absolute Gasteiger partial charge is 0.229 e. The lowest BCUT2D eigenvalue weighted by Crippen LogP contribution is -2.78. The van der Waals surface area contributed by atoms with Crippen molar-refractivity contribution in [2.75, 3.05) is 13.1 Å². The van der Waals surface area contributed by atoms with Gasteiger partial charge in [-0.05, 0) is 0 Å². The highest BCUT2D eigenvalue weighted by Crippen LogP contribution is 2.44. The number of carbonyl (C=O) groups is 2. The molecule has 4 rings (SSSR count). The highest BCUT2D eigenvalue weighted by molar-refractivity contribution is 6.02. The fraction of sp³-hybridized carbons (Fsp3) is 0.692. The van der Waals surface area contributed by atoms with Crippen molar-refractivity contribution >= 4 is 23.7 Å².